The average molecular weight is 339 g/mol. The van der Waals surface area contributed by atoms with E-state index in [9.17, 15) is 8.42 Å². The van der Waals surface area contributed by atoms with Gasteiger partial charge in [0, 0.05) is 11.0 Å². The van der Waals surface area contributed by atoms with Crippen LogP contribution in [0.3, 0.4) is 0 Å². The van der Waals surface area contributed by atoms with Crippen molar-refractivity contribution in [3.05, 3.63) is 15.9 Å². The molecule has 0 aliphatic carbocycles. The second-order valence-electron chi connectivity index (χ2n) is 4.10. The van der Waals surface area contributed by atoms with Gasteiger partial charge in [-0.3, -0.25) is 0 Å². The Balaban J connectivity index is 1.96. The van der Waals surface area contributed by atoms with E-state index in [0.717, 1.165) is 25.9 Å². The smallest absolute Gasteiger partial charge is 0.251 e. The standard InChI is InChI=1S/C10H15BrN2O2S2/c11-9-3-6-16-10(9)17(14,15)13-7-8-1-4-12-5-2-8/h3,6,8,12-13H,1-2,4-5,7H2. The Morgan fingerprint density at radius 3 is 2.76 bits per heavy atom. The number of piperidine rings is 1. The summed E-state index contributed by atoms with van der Waals surface area (Å²) in [5.41, 5.74) is 0. The van der Waals surface area contributed by atoms with Gasteiger partial charge in [-0.15, -0.1) is 11.3 Å². The number of thiophene rings is 1. The Bertz CT molecular complexity index is 466. The lowest BCUT2D eigenvalue weighted by atomic mass is 9.99. The van der Waals surface area contributed by atoms with Crippen LogP contribution in [-0.2, 0) is 10.0 Å². The van der Waals surface area contributed by atoms with Gasteiger partial charge in [0.25, 0.3) is 10.0 Å². The van der Waals surface area contributed by atoms with Gasteiger partial charge in [0.15, 0.2) is 0 Å². The molecule has 1 aromatic heterocycles. The summed E-state index contributed by atoms with van der Waals surface area (Å²) < 4.78 is 27.7. The van der Waals surface area contributed by atoms with Crippen LogP contribution in [0.2, 0.25) is 0 Å². The predicted molar refractivity (Wildman–Crippen MR) is 72.8 cm³/mol. The number of halogens is 1. The SMILES string of the molecule is O=S(=O)(NCC1CCNCC1)c1sccc1Br. The predicted octanol–water partition coefficient (Wildman–Crippen LogP) is 1.79. The van der Waals surface area contributed by atoms with E-state index in [1.165, 1.54) is 11.3 Å². The van der Waals surface area contributed by atoms with Gasteiger partial charge in [-0.05, 0) is 59.2 Å². The minimum absolute atomic E-state index is 0.367. The molecule has 0 bridgehead atoms. The van der Waals surface area contributed by atoms with Crippen LogP contribution in [0.1, 0.15) is 12.8 Å². The second-order valence-corrected chi connectivity index (χ2v) is 7.83. The summed E-state index contributed by atoms with van der Waals surface area (Å²) in [6, 6.07) is 1.75. The normalized spacial score (nSPS) is 18.4. The number of nitrogens with one attached hydrogen (secondary N) is 2. The van der Waals surface area contributed by atoms with Gasteiger partial charge in [0.1, 0.15) is 4.21 Å². The van der Waals surface area contributed by atoms with Crippen molar-refractivity contribution in [3.63, 3.8) is 0 Å². The van der Waals surface area contributed by atoms with E-state index in [0.29, 0.717) is 21.1 Å². The highest BCUT2D eigenvalue weighted by Gasteiger charge is 2.21. The molecule has 2 N–H and O–H groups in total. The zero-order valence-electron chi connectivity index (χ0n) is 9.28. The van der Waals surface area contributed by atoms with Crippen molar-refractivity contribution in [1.29, 1.82) is 0 Å². The molecule has 0 radical (unpaired) electrons. The molecule has 0 saturated carbocycles. The van der Waals surface area contributed by atoms with Gasteiger partial charge >= 0.3 is 0 Å². The number of rotatable bonds is 4. The topological polar surface area (TPSA) is 58.2 Å². The maximum absolute atomic E-state index is 12.0. The molecule has 1 aromatic rings. The van der Waals surface area contributed by atoms with Gasteiger partial charge in [-0.1, -0.05) is 0 Å². The molecule has 2 rings (SSSR count). The molecule has 4 nitrogen and oxygen atoms in total. The monoisotopic (exact) mass is 338 g/mol. The molecular weight excluding hydrogens is 324 g/mol. The zero-order chi connectivity index (χ0) is 12.3. The Labute approximate surface area is 114 Å². The highest BCUT2D eigenvalue weighted by molar-refractivity contribution is 9.10. The quantitative estimate of drug-likeness (QED) is 0.879. The molecule has 1 aliphatic heterocycles. The van der Waals surface area contributed by atoms with Crippen molar-refractivity contribution >= 4 is 37.3 Å². The van der Waals surface area contributed by atoms with Crippen molar-refractivity contribution in [2.24, 2.45) is 5.92 Å². The molecular formula is C10H15BrN2O2S2. The lowest BCUT2D eigenvalue weighted by Gasteiger charge is -2.22. The first-order valence-electron chi connectivity index (χ1n) is 5.53. The van der Waals surface area contributed by atoms with E-state index in [2.05, 4.69) is 26.0 Å². The van der Waals surface area contributed by atoms with Crippen LogP contribution in [0.25, 0.3) is 0 Å². The molecule has 1 saturated heterocycles. The summed E-state index contributed by atoms with van der Waals surface area (Å²) in [4.78, 5) is 0. The fraction of sp³-hybridized carbons (Fsp3) is 0.600. The first kappa shape index (κ1) is 13.5. The van der Waals surface area contributed by atoms with Crippen LogP contribution in [0.15, 0.2) is 20.1 Å². The molecule has 0 unspecified atom stereocenters. The zero-order valence-corrected chi connectivity index (χ0v) is 12.5. The van der Waals surface area contributed by atoms with Gasteiger partial charge < -0.3 is 5.32 Å². The van der Waals surface area contributed by atoms with Gasteiger partial charge in [0.05, 0.1) is 0 Å². The van der Waals surface area contributed by atoms with E-state index in [1.807, 2.05) is 0 Å². The molecule has 96 valence electrons. The van der Waals surface area contributed by atoms with Crippen LogP contribution < -0.4 is 10.0 Å². The van der Waals surface area contributed by atoms with Crippen molar-refractivity contribution in [1.82, 2.24) is 10.0 Å². The number of sulfonamides is 1. The lowest BCUT2D eigenvalue weighted by Crippen LogP contribution is -2.35. The summed E-state index contributed by atoms with van der Waals surface area (Å²) in [6.45, 7) is 2.50. The Morgan fingerprint density at radius 2 is 2.18 bits per heavy atom. The molecule has 17 heavy (non-hydrogen) atoms. The summed E-state index contributed by atoms with van der Waals surface area (Å²) in [5.74, 6) is 0.449. The number of hydrogen-bond donors (Lipinski definition) is 2. The van der Waals surface area contributed by atoms with E-state index >= 15 is 0 Å². The van der Waals surface area contributed by atoms with Crippen LogP contribution in [0.4, 0.5) is 0 Å². The Morgan fingerprint density at radius 1 is 1.47 bits per heavy atom. The lowest BCUT2D eigenvalue weighted by molar-refractivity contribution is 0.372. The minimum atomic E-state index is -3.35. The Kier molecular flexibility index (Phi) is 4.59. The third-order valence-corrected chi connectivity index (χ3v) is 6.94. The number of hydrogen-bond acceptors (Lipinski definition) is 4. The average Bonchev–Trinajstić information content (AvgIpc) is 2.75. The highest BCUT2D eigenvalue weighted by Crippen LogP contribution is 2.27. The maximum atomic E-state index is 12.0. The molecule has 0 atom stereocenters. The molecule has 1 fully saturated rings. The van der Waals surface area contributed by atoms with Crippen LogP contribution >= 0.6 is 27.3 Å². The van der Waals surface area contributed by atoms with Crippen LogP contribution in [0.5, 0.6) is 0 Å². The highest BCUT2D eigenvalue weighted by atomic mass is 79.9. The van der Waals surface area contributed by atoms with Crippen molar-refractivity contribution in [2.75, 3.05) is 19.6 Å². The summed E-state index contributed by atoms with van der Waals surface area (Å²) in [5, 5.41) is 5.03. The molecule has 1 aliphatic rings. The van der Waals surface area contributed by atoms with Crippen LogP contribution in [0, 0.1) is 5.92 Å². The molecule has 7 heteroatoms. The second kappa shape index (κ2) is 5.79. The van der Waals surface area contributed by atoms with E-state index in [4.69, 9.17) is 0 Å². The molecule has 0 aromatic carbocycles. The third-order valence-electron chi connectivity index (χ3n) is 2.85. The van der Waals surface area contributed by atoms with Crippen molar-refractivity contribution in [3.8, 4) is 0 Å². The maximum Gasteiger partial charge on any atom is 0.251 e. The van der Waals surface area contributed by atoms with Crippen LogP contribution in [-0.4, -0.2) is 28.1 Å². The fourth-order valence-corrected chi connectivity index (χ4v) is 5.35. The first-order chi connectivity index (χ1) is 8.09. The van der Waals surface area contributed by atoms with Gasteiger partial charge in [-0.25, -0.2) is 13.1 Å². The minimum Gasteiger partial charge on any atom is -0.317 e. The van der Waals surface area contributed by atoms with Crippen molar-refractivity contribution < 1.29 is 8.42 Å². The third kappa shape index (κ3) is 3.51. The van der Waals surface area contributed by atoms with E-state index in [1.54, 1.807) is 11.4 Å². The fourth-order valence-electron chi connectivity index (χ4n) is 1.85. The van der Waals surface area contributed by atoms with E-state index < -0.39 is 10.0 Å². The van der Waals surface area contributed by atoms with E-state index in [-0.39, 0.29) is 0 Å². The van der Waals surface area contributed by atoms with Crippen molar-refractivity contribution in [2.45, 2.75) is 17.1 Å². The molecule has 0 spiro atoms. The van der Waals surface area contributed by atoms with Gasteiger partial charge in [0.2, 0.25) is 0 Å². The summed E-state index contributed by atoms with van der Waals surface area (Å²) >= 11 is 4.48. The van der Waals surface area contributed by atoms with Gasteiger partial charge in [-0.2, -0.15) is 0 Å². The largest absolute Gasteiger partial charge is 0.317 e. The Hall–Kier alpha value is 0.0500. The summed E-state index contributed by atoms with van der Waals surface area (Å²) in [6.07, 6.45) is 2.07. The molecule has 0 amide bonds. The first-order valence-corrected chi connectivity index (χ1v) is 8.68. The summed E-state index contributed by atoms with van der Waals surface area (Å²) in [7, 11) is -3.35. The molecule has 2 heterocycles.